The second-order valence-corrected chi connectivity index (χ2v) is 4.18. The Balaban J connectivity index is 2.70. The van der Waals surface area contributed by atoms with Crippen LogP contribution in [0.3, 0.4) is 0 Å². The summed E-state index contributed by atoms with van der Waals surface area (Å²) in [5, 5.41) is 12.1. The minimum atomic E-state index is 0.576. The van der Waals surface area contributed by atoms with Crippen molar-refractivity contribution in [2.45, 2.75) is 13.3 Å². The second kappa shape index (κ2) is 6.02. The van der Waals surface area contributed by atoms with Crippen molar-refractivity contribution < 1.29 is 4.74 Å². The molecule has 0 fully saturated rings. The van der Waals surface area contributed by atoms with Crippen LogP contribution in [0.25, 0.3) is 11.3 Å². The van der Waals surface area contributed by atoms with Crippen LogP contribution in [-0.4, -0.2) is 24.1 Å². The lowest BCUT2D eigenvalue weighted by atomic mass is 10.0. The Morgan fingerprint density at radius 1 is 1.35 bits per heavy atom. The van der Waals surface area contributed by atoms with Crippen molar-refractivity contribution in [3.8, 4) is 23.1 Å². The zero-order chi connectivity index (χ0) is 14.5. The molecular formula is C15H16N4O. The lowest BCUT2D eigenvalue weighted by molar-refractivity contribution is 0.416. The van der Waals surface area contributed by atoms with Crippen molar-refractivity contribution in [3.05, 3.63) is 35.7 Å². The fraction of sp³-hybridized carbons (Fsp3) is 0.267. The number of anilines is 1. The third-order valence-electron chi connectivity index (χ3n) is 3.12. The fourth-order valence-corrected chi connectivity index (χ4v) is 2.16. The summed E-state index contributed by atoms with van der Waals surface area (Å²) in [5.74, 6) is 1.49. The maximum Gasteiger partial charge on any atom is 0.132 e. The van der Waals surface area contributed by atoms with Gasteiger partial charge >= 0.3 is 0 Å². The Morgan fingerprint density at radius 3 is 2.75 bits per heavy atom. The second-order valence-electron chi connectivity index (χ2n) is 4.18. The van der Waals surface area contributed by atoms with Crippen molar-refractivity contribution in [1.29, 1.82) is 5.26 Å². The van der Waals surface area contributed by atoms with Crippen molar-refractivity contribution in [3.63, 3.8) is 0 Å². The number of methoxy groups -OCH3 is 1. The van der Waals surface area contributed by atoms with Gasteiger partial charge in [0.25, 0.3) is 0 Å². The van der Waals surface area contributed by atoms with E-state index in [9.17, 15) is 0 Å². The smallest absolute Gasteiger partial charge is 0.132 e. The van der Waals surface area contributed by atoms with Crippen LogP contribution < -0.4 is 10.1 Å². The summed E-state index contributed by atoms with van der Waals surface area (Å²) >= 11 is 0. The highest BCUT2D eigenvalue weighted by molar-refractivity contribution is 5.74. The Labute approximate surface area is 118 Å². The van der Waals surface area contributed by atoms with Gasteiger partial charge in [-0.15, -0.1) is 0 Å². The van der Waals surface area contributed by atoms with E-state index in [1.807, 2.05) is 14.0 Å². The van der Waals surface area contributed by atoms with Crippen LogP contribution in [0, 0.1) is 11.3 Å². The van der Waals surface area contributed by atoms with Gasteiger partial charge in [0.2, 0.25) is 0 Å². The zero-order valence-corrected chi connectivity index (χ0v) is 11.8. The van der Waals surface area contributed by atoms with Crippen LogP contribution in [0.15, 0.2) is 24.5 Å². The third-order valence-corrected chi connectivity index (χ3v) is 3.12. The van der Waals surface area contributed by atoms with E-state index in [0.717, 1.165) is 29.1 Å². The predicted octanol–water partition coefficient (Wildman–Crippen LogP) is 2.63. The molecule has 20 heavy (non-hydrogen) atoms. The molecule has 0 aliphatic rings. The van der Waals surface area contributed by atoms with Crippen LogP contribution in [0.4, 0.5) is 5.82 Å². The van der Waals surface area contributed by atoms with E-state index >= 15 is 0 Å². The van der Waals surface area contributed by atoms with E-state index in [4.69, 9.17) is 10.00 Å². The van der Waals surface area contributed by atoms with E-state index in [1.165, 1.54) is 6.33 Å². The summed E-state index contributed by atoms with van der Waals surface area (Å²) < 4.78 is 5.38. The molecule has 0 saturated heterocycles. The average Bonchev–Trinajstić information content (AvgIpc) is 2.53. The summed E-state index contributed by atoms with van der Waals surface area (Å²) in [5.41, 5.74) is 3.18. The average molecular weight is 268 g/mol. The highest BCUT2D eigenvalue weighted by Gasteiger charge is 2.15. The number of benzene rings is 1. The Kier molecular flexibility index (Phi) is 4.16. The van der Waals surface area contributed by atoms with E-state index in [0.29, 0.717) is 11.3 Å². The maximum atomic E-state index is 9.06. The largest absolute Gasteiger partial charge is 0.496 e. The topological polar surface area (TPSA) is 70.8 Å². The molecule has 5 heteroatoms. The normalized spacial score (nSPS) is 9.90. The highest BCUT2D eigenvalue weighted by atomic mass is 16.5. The number of ether oxygens (including phenoxy) is 1. The fourth-order valence-electron chi connectivity index (χ4n) is 2.16. The molecule has 0 amide bonds. The van der Waals surface area contributed by atoms with Crippen LogP contribution in [0.5, 0.6) is 5.75 Å². The van der Waals surface area contributed by atoms with E-state index in [2.05, 4.69) is 21.4 Å². The molecule has 0 bridgehead atoms. The minimum absolute atomic E-state index is 0.576. The molecule has 5 nitrogen and oxygen atoms in total. The summed E-state index contributed by atoms with van der Waals surface area (Å²) in [6.07, 6.45) is 2.30. The van der Waals surface area contributed by atoms with Crippen LogP contribution in [-0.2, 0) is 6.42 Å². The number of aromatic nitrogens is 2. The molecule has 0 atom stereocenters. The number of nitriles is 1. The first-order valence-electron chi connectivity index (χ1n) is 6.35. The van der Waals surface area contributed by atoms with Gasteiger partial charge in [0, 0.05) is 18.2 Å². The molecule has 0 aliphatic heterocycles. The first-order chi connectivity index (χ1) is 9.74. The molecule has 0 spiro atoms. The predicted molar refractivity (Wildman–Crippen MR) is 77.7 cm³/mol. The van der Waals surface area contributed by atoms with Gasteiger partial charge in [0.15, 0.2) is 0 Å². The van der Waals surface area contributed by atoms with Crippen LogP contribution in [0.1, 0.15) is 18.1 Å². The number of nitrogens with one attached hydrogen (secondary N) is 1. The zero-order valence-electron chi connectivity index (χ0n) is 11.8. The number of rotatable bonds is 4. The molecular weight excluding hydrogens is 252 g/mol. The first-order valence-corrected chi connectivity index (χ1v) is 6.35. The van der Waals surface area contributed by atoms with Crippen molar-refractivity contribution in [1.82, 2.24) is 9.97 Å². The summed E-state index contributed by atoms with van der Waals surface area (Å²) in [7, 11) is 3.44. The molecule has 2 aromatic rings. The SMILES string of the molecule is CCc1c(NC)ncnc1-c1cc(C#N)ccc1OC. The molecule has 1 heterocycles. The standard InChI is InChI=1S/C15H16N4O/c1-4-11-14(18-9-19-15(11)17-2)12-7-10(8-16)5-6-13(12)20-3/h5-7,9H,4H2,1-3H3,(H,17,18,19). The summed E-state index contributed by atoms with van der Waals surface area (Å²) in [4.78, 5) is 8.60. The number of hydrogen-bond acceptors (Lipinski definition) is 5. The molecule has 2 rings (SSSR count). The Hall–Kier alpha value is -2.61. The van der Waals surface area contributed by atoms with Gasteiger partial charge in [0.1, 0.15) is 17.9 Å². The van der Waals surface area contributed by atoms with Crippen molar-refractivity contribution in [2.75, 3.05) is 19.5 Å². The number of hydrogen-bond donors (Lipinski definition) is 1. The molecule has 102 valence electrons. The molecule has 0 unspecified atom stereocenters. The van der Waals surface area contributed by atoms with Crippen LogP contribution >= 0.6 is 0 Å². The van der Waals surface area contributed by atoms with E-state index < -0.39 is 0 Å². The monoisotopic (exact) mass is 268 g/mol. The van der Waals surface area contributed by atoms with Crippen LogP contribution in [0.2, 0.25) is 0 Å². The van der Waals surface area contributed by atoms with Gasteiger partial charge in [-0.05, 0) is 24.6 Å². The summed E-state index contributed by atoms with van der Waals surface area (Å²) in [6.45, 7) is 2.05. The molecule has 0 radical (unpaired) electrons. The van der Waals surface area contributed by atoms with Gasteiger partial charge in [-0.3, -0.25) is 0 Å². The van der Waals surface area contributed by atoms with Gasteiger partial charge in [-0.2, -0.15) is 5.26 Å². The molecule has 0 saturated carbocycles. The summed E-state index contributed by atoms with van der Waals surface area (Å²) in [6, 6.07) is 7.45. The molecule has 0 aliphatic carbocycles. The third kappa shape index (κ3) is 2.41. The van der Waals surface area contributed by atoms with Crippen molar-refractivity contribution in [2.24, 2.45) is 0 Å². The Bertz CT molecular complexity index is 661. The van der Waals surface area contributed by atoms with E-state index in [-0.39, 0.29) is 0 Å². The minimum Gasteiger partial charge on any atom is -0.496 e. The molecule has 1 aromatic carbocycles. The highest BCUT2D eigenvalue weighted by Crippen LogP contribution is 2.33. The molecule has 1 aromatic heterocycles. The van der Waals surface area contributed by atoms with Gasteiger partial charge in [0.05, 0.1) is 24.4 Å². The Morgan fingerprint density at radius 2 is 2.15 bits per heavy atom. The lowest BCUT2D eigenvalue weighted by Gasteiger charge is -2.14. The van der Waals surface area contributed by atoms with Gasteiger partial charge < -0.3 is 10.1 Å². The molecule has 1 N–H and O–H groups in total. The van der Waals surface area contributed by atoms with E-state index in [1.54, 1.807) is 25.3 Å². The lowest BCUT2D eigenvalue weighted by Crippen LogP contribution is -2.03. The number of nitrogens with zero attached hydrogens (tertiary/aromatic N) is 3. The maximum absolute atomic E-state index is 9.06. The first kappa shape index (κ1) is 13.8. The van der Waals surface area contributed by atoms with Crippen molar-refractivity contribution >= 4 is 5.82 Å². The quantitative estimate of drug-likeness (QED) is 0.923. The van der Waals surface area contributed by atoms with Gasteiger partial charge in [-0.1, -0.05) is 6.92 Å². The van der Waals surface area contributed by atoms with Gasteiger partial charge in [-0.25, -0.2) is 9.97 Å².